The maximum Gasteiger partial charge on any atom is 0.272 e. The van der Waals surface area contributed by atoms with Crippen molar-refractivity contribution < 1.29 is 4.92 Å². The number of nitro groups is 1. The van der Waals surface area contributed by atoms with Crippen molar-refractivity contribution in [2.45, 2.75) is 38.4 Å². The predicted octanol–water partition coefficient (Wildman–Crippen LogP) is 2.29. The van der Waals surface area contributed by atoms with Gasteiger partial charge in [0.25, 0.3) is 5.69 Å². The van der Waals surface area contributed by atoms with Crippen molar-refractivity contribution in [1.82, 2.24) is 15.1 Å². The normalized spacial score (nSPS) is 14.3. The average Bonchev–Trinajstić information content (AvgIpc) is 3.21. The molecule has 1 N–H and O–H groups in total. The summed E-state index contributed by atoms with van der Waals surface area (Å²) in [7, 11) is 0. The Bertz CT molecular complexity index is 634. The molecule has 1 fully saturated rings. The van der Waals surface area contributed by atoms with Gasteiger partial charge in [0.05, 0.1) is 11.1 Å². The Morgan fingerprint density at radius 1 is 1.38 bits per heavy atom. The molecule has 1 aromatic carbocycles. The molecule has 1 aliphatic rings. The van der Waals surface area contributed by atoms with Crippen molar-refractivity contribution in [3.8, 4) is 0 Å². The van der Waals surface area contributed by atoms with Gasteiger partial charge in [0, 0.05) is 42.5 Å². The highest BCUT2D eigenvalue weighted by atomic mass is 16.6. The van der Waals surface area contributed by atoms with Gasteiger partial charge in [-0.25, -0.2) is 0 Å². The van der Waals surface area contributed by atoms with E-state index in [9.17, 15) is 10.1 Å². The first kappa shape index (κ1) is 13.8. The molecule has 1 aliphatic carbocycles. The van der Waals surface area contributed by atoms with Crippen LogP contribution >= 0.6 is 0 Å². The van der Waals surface area contributed by atoms with Gasteiger partial charge >= 0.3 is 0 Å². The number of hydrogen-bond donors (Lipinski definition) is 1. The Kier molecular flexibility index (Phi) is 3.96. The molecule has 1 heterocycles. The quantitative estimate of drug-likeness (QED) is 0.626. The van der Waals surface area contributed by atoms with Crippen molar-refractivity contribution in [3.05, 3.63) is 57.9 Å². The van der Waals surface area contributed by atoms with E-state index in [0.717, 1.165) is 17.7 Å². The van der Waals surface area contributed by atoms with E-state index < -0.39 is 0 Å². The lowest BCUT2D eigenvalue weighted by Gasteiger charge is -2.03. The first-order chi connectivity index (χ1) is 10.2. The van der Waals surface area contributed by atoms with Gasteiger partial charge in [-0.15, -0.1) is 0 Å². The maximum atomic E-state index is 11.0. The molecule has 0 bridgehead atoms. The Labute approximate surface area is 122 Å². The highest BCUT2D eigenvalue weighted by molar-refractivity contribution is 5.39. The van der Waals surface area contributed by atoms with Crippen LogP contribution < -0.4 is 5.32 Å². The second kappa shape index (κ2) is 6.05. The molecule has 6 heteroatoms. The van der Waals surface area contributed by atoms with Crippen LogP contribution in [0.25, 0.3) is 0 Å². The Morgan fingerprint density at radius 2 is 2.19 bits per heavy atom. The molecule has 110 valence electrons. The number of nitrogens with zero attached hydrogens (tertiary/aromatic N) is 3. The van der Waals surface area contributed by atoms with Gasteiger partial charge in [-0.1, -0.05) is 18.2 Å². The first-order valence-corrected chi connectivity index (χ1v) is 7.19. The smallest absolute Gasteiger partial charge is 0.272 e. The third-order valence-electron chi connectivity index (χ3n) is 3.66. The van der Waals surface area contributed by atoms with E-state index in [1.807, 2.05) is 23.1 Å². The molecule has 0 saturated heterocycles. The van der Waals surface area contributed by atoms with E-state index in [-0.39, 0.29) is 10.6 Å². The monoisotopic (exact) mass is 286 g/mol. The van der Waals surface area contributed by atoms with Crippen LogP contribution in [-0.4, -0.2) is 20.7 Å². The van der Waals surface area contributed by atoms with E-state index in [0.29, 0.717) is 19.0 Å². The van der Waals surface area contributed by atoms with E-state index in [1.54, 1.807) is 18.2 Å². The van der Waals surface area contributed by atoms with Gasteiger partial charge in [0.15, 0.2) is 0 Å². The fourth-order valence-electron chi connectivity index (χ4n) is 2.30. The summed E-state index contributed by atoms with van der Waals surface area (Å²) >= 11 is 0. The zero-order valence-electron chi connectivity index (χ0n) is 11.7. The van der Waals surface area contributed by atoms with E-state index in [1.165, 1.54) is 12.8 Å². The number of aryl methyl sites for hydroxylation is 2. The molecule has 0 unspecified atom stereocenters. The van der Waals surface area contributed by atoms with Gasteiger partial charge in [0.1, 0.15) is 0 Å². The van der Waals surface area contributed by atoms with Crippen LogP contribution in [0, 0.1) is 10.1 Å². The van der Waals surface area contributed by atoms with Crippen LogP contribution in [0.1, 0.15) is 24.0 Å². The van der Waals surface area contributed by atoms with Crippen molar-refractivity contribution in [1.29, 1.82) is 0 Å². The van der Waals surface area contributed by atoms with Crippen LogP contribution in [-0.2, 0) is 19.5 Å². The minimum atomic E-state index is -0.330. The Balaban J connectivity index is 1.58. The van der Waals surface area contributed by atoms with Gasteiger partial charge in [-0.2, -0.15) is 5.10 Å². The van der Waals surface area contributed by atoms with Gasteiger partial charge in [-0.05, 0) is 19.3 Å². The van der Waals surface area contributed by atoms with Crippen LogP contribution in [0.2, 0.25) is 0 Å². The summed E-state index contributed by atoms with van der Waals surface area (Å²) < 4.78 is 1.85. The molecule has 0 aliphatic heterocycles. The summed E-state index contributed by atoms with van der Waals surface area (Å²) in [5.41, 5.74) is 2.08. The van der Waals surface area contributed by atoms with Gasteiger partial charge in [-0.3, -0.25) is 14.8 Å². The number of benzene rings is 1. The average molecular weight is 286 g/mol. The van der Waals surface area contributed by atoms with E-state index in [4.69, 9.17) is 0 Å². The predicted molar refractivity (Wildman–Crippen MR) is 78.9 cm³/mol. The lowest BCUT2D eigenvalue weighted by Crippen LogP contribution is -2.14. The molecule has 21 heavy (non-hydrogen) atoms. The van der Waals surface area contributed by atoms with Crippen LogP contribution in [0.4, 0.5) is 5.69 Å². The van der Waals surface area contributed by atoms with Crippen molar-refractivity contribution in [3.63, 3.8) is 0 Å². The number of para-hydroxylation sites is 1. The summed E-state index contributed by atoms with van der Waals surface area (Å²) in [6.45, 7) is 1.49. The second-order valence-electron chi connectivity index (χ2n) is 5.40. The summed E-state index contributed by atoms with van der Waals surface area (Å²) in [5, 5.41) is 18.7. The molecule has 0 amide bonds. The van der Waals surface area contributed by atoms with Crippen molar-refractivity contribution in [2.24, 2.45) is 0 Å². The van der Waals surface area contributed by atoms with Crippen LogP contribution in [0.3, 0.4) is 0 Å². The van der Waals surface area contributed by atoms with E-state index >= 15 is 0 Å². The zero-order valence-corrected chi connectivity index (χ0v) is 11.7. The summed E-state index contributed by atoms with van der Waals surface area (Å²) in [5.74, 6) is 0. The topological polar surface area (TPSA) is 73.0 Å². The molecule has 3 rings (SSSR count). The van der Waals surface area contributed by atoms with Gasteiger partial charge in [0.2, 0.25) is 0 Å². The lowest BCUT2D eigenvalue weighted by molar-refractivity contribution is -0.385. The molecule has 0 radical (unpaired) electrons. The Morgan fingerprint density at radius 3 is 2.95 bits per heavy atom. The Hall–Kier alpha value is -2.21. The standard InChI is InChI=1S/C15H18N4O2/c20-19(21)15-4-2-1-3-13(15)7-8-18-11-12(10-17-18)9-16-14-5-6-14/h1-4,10-11,14,16H,5-9H2. The summed E-state index contributed by atoms with van der Waals surface area (Å²) in [4.78, 5) is 10.6. The number of hydrogen-bond acceptors (Lipinski definition) is 4. The fourth-order valence-corrected chi connectivity index (χ4v) is 2.30. The molecular formula is C15H18N4O2. The summed E-state index contributed by atoms with van der Waals surface area (Å²) in [6.07, 6.45) is 7.00. The maximum absolute atomic E-state index is 11.0. The first-order valence-electron chi connectivity index (χ1n) is 7.19. The van der Waals surface area contributed by atoms with Crippen molar-refractivity contribution in [2.75, 3.05) is 0 Å². The highest BCUT2D eigenvalue weighted by Crippen LogP contribution is 2.20. The number of nitro benzene ring substituents is 1. The second-order valence-corrected chi connectivity index (χ2v) is 5.40. The van der Waals surface area contributed by atoms with Crippen LogP contribution in [0.15, 0.2) is 36.7 Å². The molecule has 0 atom stereocenters. The largest absolute Gasteiger partial charge is 0.310 e. The van der Waals surface area contributed by atoms with Crippen LogP contribution in [0.5, 0.6) is 0 Å². The lowest BCUT2D eigenvalue weighted by atomic mass is 10.1. The fraction of sp³-hybridized carbons (Fsp3) is 0.400. The minimum Gasteiger partial charge on any atom is -0.310 e. The number of rotatable bonds is 7. The zero-order chi connectivity index (χ0) is 14.7. The molecule has 1 aromatic heterocycles. The number of nitrogens with one attached hydrogen (secondary N) is 1. The SMILES string of the molecule is O=[N+]([O-])c1ccccc1CCn1cc(CNC2CC2)cn1. The van der Waals surface area contributed by atoms with Crippen molar-refractivity contribution >= 4 is 5.69 Å². The molecular weight excluding hydrogens is 268 g/mol. The summed E-state index contributed by atoms with van der Waals surface area (Å²) in [6, 6.07) is 7.55. The minimum absolute atomic E-state index is 0.181. The molecule has 2 aromatic rings. The van der Waals surface area contributed by atoms with E-state index in [2.05, 4.69) is 10.4 Å². The van der Waals surface area contributed by atoms with Gasteiger partial charge < -0.3 is 5.32 Å². The highest BCUT2D eigenvalue weighted by Gasteiger charge is 2.20. The molecule has 6 nitrogen and oxygen atoms in total. The third-order valence-corrected chi connectivity index (χ3v) is 3.66. The molecule has 0 spiro atoms. The molecule has 1 saturated carbocycles. The number of aromatic nitrogens is 2. The third kappa shape index (κ3) is 3.66.